The minimum atomic E-state index is 0.0484. The van der Waals surface area contributed by atoms with E-state index in [0.29, 0.717) is 18.3 Å². The average Bonchev–Trinajstić information content (AvgIpc) is 2.66. The van der Waals surface area contributed by atoms with Crippen molar-refractivity contribution in [1.82, 2.24) is 5.32 Å². The Labute approximate surface area is 160 Å². The highest BCUT2D eigenvalue weighted by atomic mass is 32.1. The molecule has 6 heteroatoms. The summed E-state index contributed by atoms with van der Waals surface area (Å²) in [6.45, 7) is 6.60. The summed E-state index contributed by atoms with van der Waals surface area (Å²) in [6.07, 6.45) is 1.71. The van der Waals surface area contributed by atoms with Gasteiger partial charge < -0.3 is 24.8 Å². The zero-order chi connectivity index (χ0) is 18.8. The molecule has 0 heterocycles. The first-order valence-corrected chi connectivity index (χ1v) is 8.69. The lowest BCUT2D eigenvalue weighted by molar-refractivity contribution is 0.286. The summed E-state index contributed by atoms with van der Waals surface area (Å²) in [5.74, 6) is 2.37. The van der Waals surface area contributed by atoms with E-state index in [1.165, 1.54) is 0 Å². The molecule has 138 valence electrons. The van der Waals surface area contributed by atoms with Crippen LogP contribution in [0.25, 0.3) is 0 Å². The maximum atomic E-state index is 5.74. The molecule has 1 unspecified atom stereocenters. The fourth-order valence-electron chi connectivity index (χ4n) is 2.12. The molecule has 0 fully saturated rings. The van der Waals surface area contributed by atoms with Crippen LogP contribution >= 0.6 is 12.2 Å². The molecule has 0 aromatic heterocycles. The number of ether oxygens (including phenoxy) is 3. The van der Waals surface area contributed by atoms with Gasteiger partial charge in [0.15, 0.2) is 5.11 Å². The molecule has 0 bridgehead atoms. The molecule has 2 aromatic rings. The van der Waals surface area contributed by atoms with Crippen LogP contribution in [0.1, 0.15) is 6.92 Å². The monoisotopic (exact) mass is 372 g/mol. The lowest BCUT2D eigenvalue weighted by atomic mass is 10.3. The highest BCUT2D eigenvalue weighted by Crippen LogP contribution is 2.17. The summed E-state index contributed by atoms with van der Waals surface area (Å²) >= 11 is 5.34. The third-order valence-electron chi connectivity index (χ3n) is 3.42. The number of nitrogens with one attached hydrogen (secondary N) is 2. The molecule has 1 atom stereocenters. The molecule has 0 saturated heterocycles. The van der Waals surface area contributed by atoms with Gasteiger partial charge in [0.05, 0.1) is 13.2 Å². The van der Waals surface area contributed by atoms with Gasteiger partial charge in [0, 0.05) is 5.69 Å². The van der Waals surface area contributed by atoms with Gasteiger partial charge in [-0.3, -0.25) is 0 Å². The van der Waals surface area contributed by atoms with Crippen molar-refractivity contribution in [1.29, 1.82) is 0 Å². The van der Waals surface area contributed by atoms with E-state index in [2.05, 4.69) is 17.2 Å². The largest absolute Gasteiger partial charge is 0.497 e. The van der Waals surface area contributed by atoms with Gasteiger partial charge in [-0.1, -0.05) is 12.7 Å². The van der Waals surface area contributed by atoms with E-state index in [0.717, 1.165) is 22.9 Å². The van der Waals surface area contributed by atoms with Gasteiger partial charge in [-0.15, -0.1) is 0 Å². The Balaban J connectivity index is 1.74. The van der Waals surface area contributed by atoms with E-state index < -0.39 is 0 Å². The van der Waals surface area contributed by atoms with Gasteiger partial charge in [0.2, 0.25) is 0 Å². The molecule has 0 spiro atoms. The maximum absolute atomic E-state index is 5.74. The average molecular weight is 372 g/mol. The quantitative estimate of drug-likeness (QED) is 0.512. The molecule has 0 amide bonds. The number of hydrogen-bond donors (Lipinski definition) is 2. The van der Waals surface area contributed by atoms with E-state index in [9.17, 15) is 0 Å². The summed E-state index contributed by atoms with van der Waals surface area (Å²) in [5.41, 5.74) is 0.886. The van der Waals surface area contributed by atoms with Gasteiger partial charge >= 0.3 is 0 Å². The highest BCUT2D eigenvalue weighted by molar-refractivity contribution is 7.80. The molecular weight excluding hydrogens is 348 g/mol. The second-order valence-corrected chi connectivity index (χ2v) is 6.02. The topological polar surface area (TPSA) is 51.8 Å². The van der Waals surface area contributed by atoms with Crippen LogP contribution in [-0.4, -0.2) is 31.5 Å². The van der Waals surface area contributed by atoms with Crippen molar-refractivity contribution < 1.29 is 14.2 Å². The summed E-state index contributed by atoms with van der Waals surface area (Å²) < 4.78 is 16.3. The van der Waals surface area contributed by atoms with Crippen molar-refractivity contribution in [2.75, 3.05) is 25.6 Å². The summed E-state index contributed by atoms with van der Waals surface area (Å²) in [5, 5.41) is 6.88. The van der Waals surface area contributed by atoms with E-state index in [4.69, 9.17) is 26.4 Å². The number of hydrogen-bond acceptors (Lipinski definition) is 4. The molecule has 0 saturated carbocycles. The number of anilines is 1. The lowest BCUT2D eigenvalue weighted by Crippen LogP contribution is -2.39. The van der Waals surface area contributed by atoms with Crippen LogP contribution in [0, 0.1) is 0 Å². The molecule has 0 aliphatic rings. The molecule has 2 rings (SSSR count). The van der Waals surface area contributed by atoms with Crippen LogP contribution in [0.5, 0.6) is 17.2 Å². The van der Waals surface area contributed by atoms with Crippen molar-refractivity contribution in [3.05, 3.63) is 61.2 Å². The molecule has 2 N–H and O–H groups in total. The Hall–Kier alpha value is -2.73. The fraction of sp³-hybridized carbons (Fsp3) is 0.250. The van der Waals surface area contributed by atoms with E-state index >= 15 is 0 Å². The van der Waals surface area contributed by atoms with Crippen molar-refractivity contribution in [3.8, 4) is 17.2 Å². The van der Waals surface area contributed by atoms with Gasteiger partial charge in [-0.05, 0) is 67.7 Å². The number of thiocarbonyl (C=S) groups is 1. The Morgan fingerprint density at radius 1 is 1.04 bits per heavy atom. The Morgan fingerprint density at radius 2 is 1.62 bits per heavy atom. The van der Waals surface area contributed by atoms with Crippen LogP contribution in [0.2, 0.25) is 0 Å². The fourth-order valence-corrected chi connectivity index (χ4v) is 2.43. The SMILES string of the molecule is C=CCOc1ccc(NC(=S)NC(C)COc2ccc(OC)cc2)cc1. The van der Waals surface area contributed by atoms with Gasteiger partial charge in [0.1, 0.15) is 30.5 Å². The third-order valence-corrected chi connectivity index (χ3v) is 3.64. The first-order chi connectivity index (χ1) is 12.6. The van der Waals surface area contributed by atoms with E-state index in [1.54, 1.807) is 13.2 Å². The number of rotatable bonds is 9. The van der Waals surface area contributed by atoms with Gasteiger partial charge in [0.25, 0.3) is 0 Å². The van der Waals surface area contributed by atoms with Gasteiger partial charge in [-0.2, -0.15) is 0 Å². The molecular formula is C20H24N2O3S. The third kappa shape index (κ3) is 6.64. The lowest BCUT2D eigenvalue weighted by Gasteiger charge is -2.18. The van der Waals surface area contributed by atoms with Crippen LogP contribution in [0.3, 0.4) is 0 Å². The smallest absolute Gasteiger partial charge is 0.171 e. The Kier molecular flexibility index (Phi) is 7.76. The normalized spacial score (nSPS) is 11.2. The minimum absolute atomic E-state index is 0.0484. The summed E-state index contributed by atoms with van der Waals surface area (Å²) in [6, 6.07) is 15.1. The predicted octanol–water partition coefficient (Wildman–Crippen LogP) is 4.01. The molecule has 0 aliphatic carbocycles. The Morgan fingerprint density at radius 3 is 2.23 bits per heavy atom. The minimum Gasteiger partial charge on any atom is -0.497 e. The molecule has 0 radical (unpaired) electrons. The molecule has 2 aromatic carbocycles. The first-order valence-electron chi connectivity index (χ1n) is 8.29. The van der Waals surface area contributed by atoms with Crippen molar-refractivity contribution in [3.63, 3.8) is 0 Å². The van der Waals surface area contributed by atoms with Crippen LogP contribution < -0.4 is 24.8 Å². The van der Waals surface area contributed by atoms with Gasteiger partial charge in [-0.25, -0.2) is 0 Å². The van der Waals surface area contributed by atoms with E-state index in [-0.39, 0.29) is 6.04 Å². The zero-order valence-electron chi connectivity index (χ0n) is 15.0. The van der Waals surface area contributed by atoms with Crippen LogP contribution in [0.15, 0.2) is 61.2 Å². The van der Waals surface area contributed by atoms with E-state index in [1.807, 2.05) is 55.5 Å². The summed E-state index contributed by atoms with van der Waals surface area (Å²) in [7, 11) is 1.64. The van der Waals surface area contributed by atoms with Crippen molar-refractivity contribution in [2.45, 2.75) is 13.0 Å². The number of methoxy groups -OCH3 is 1. The molecule has 5 nitrogen and oxygen atoms in total. The van der Waals surface area contributed by atoms with Crippen molar-refractivity contribution >= 4 is 23.0 Å². The zero-order valence-corrected chi connectivity index (χ0v) is 15.8. The second-order valence-electron chi connectivity index (χ2n) is 5.61. The van der Waals surface area contributed by atoms with Crippen molar-refractivity contribution in [2.24, 2.45) is 0 Å². The second kappa shape index (κ2) is 10.3. The Bertz CT molecular complexity index is 702. The maximum Gasteiger partial charge on any atom is 0.171 e. The first kappa shape index (κ1) is 19.6. The summed E-state index contributed by atoms with van der Waals surface area (Å²) in [4.78, 5) is 0. The molecule has 0 aliphatic heterocycles. The predicted molar refractivity (Wildman–Crippen MR) is 109 cm³/mol. The molecule has 26 heavy (non-hydrogen) atoms. The highest BCUT2D eigenvalue weighted by Gasteiger charge is 2.06. The van der Waals surface area contributed by atoms with Crippen LogP contribution in [-0.2, 0) is 0 Å². The number of benzene rings is 2. The van der Waals surface area contributed by atoms with Crippen LogP contribution in [0.4, 0.5) is 5.69 Å². The standard InChI is InChI=1S/C20H24N2O3S/c1-4-13-24-18-7-5-16(6-8-18)22-20(26)21-15(2)14-25-19-11-9-17(23-3)10-12-19/h4-12,15H,1,13-14H2,2-3H3,(H2,21,22,26).